The standard InChI is InChI=1S/C8H8Cl3NO/c1-2-12-13-8-6(10)3-5(9)4-7(8)11/h3-4,12H,2H2,1H3. The highest BCUT2D eigenvalue weighted by atomic mass is 35.5. The van der Waals surface area contributed by atoms with Crippen molar-refractivity contribution in [3.05, 3.63) is 27.2 Å². The average Bonchev–Trinajstić information content (AvgIpc) is 2.02. The van der Waals surface area contributed by atoms with Gasteiger partial charge in [-0.1, -0.05) is 34.8 Å². The summed E-state index contributed by atoms with van der Waals surface area (Å²) in [6.07, 6.45) is 0. The summed E-state index contributed by atoms with van der Waals surface area (Å²) in [6, 6.07) is 3.14. The van der Waals surface area contributed by atoms with Gasteiger partial charge in [0.1, 0.15) is 0 Å². The topological polar surface area (TPSA) is 21.3 Å². The molecular weight excluding hydrogens is 232 g/mol. The summed E-state index contributed by atoms with van der Waals surface area (Å²) >= 11 is 17.4. The van der Waals surface area contributed by atoms with Crippen LogP contribution in [0.4, 0.5) is 0 Å². The molecular formula is C8H8Cl3NO. The highest BCUT2D eigenvalue weighted by Gasteiger charge is 2.08. The first-order chi connectivity index (χ1) is 6.15. The molecule has 0 unspecified atom stereocenters. The van der Waals surface area contributed by atoms with Crippen molar-refractivity contribution in [2.75, 3.05) is 6.54 Å². The van der Waals surface area contributed by atoms with Gasteiger partial charge in [0.25, 0.3) is 0 Å². The van der Waals surface area contributed by atoms with Gasteiger partial charge in [0, 0.05) is 11.6 Å². The number of hydrogen-bond acceptors (Lipinski definition) is 2. The van der Waals surface area contributed by atoms with Crippen LogP contribution in [0.2, 0.25) is 15.1 Å². The largest absolute Gasteiger partial charge is 0.406 e. The van der Waals surface area contributed by atoms with Gasteiger partial charge in [-0.3, -0.25) is 0 Å². The van der Waals surface area contributed by atoms with Crippen molar-refractivity contribution >= 4 is 34.8 Å². The monoisotopic (exact) mass is 239 g/mol. The Morgan fingerprint density at radius 3 is 2.23 bits per heavy atom. The number of hydroxylamine groups is 1. The van der Waals surface area contributed by atoms with E-state index in [4.69, 9.17) is 39.6 Å². The zero-order valence-electron chi connectivity index (χ0n) is 6.90. The predicted molar refractivity (Wildman–Crippen MR) is 55.8 cm³/mol. The summed E-state index contributed by atoms with van der Waals surface area (Å²) in [5.41, 5.74) is 2.65. The fourth-order valence-electron chi connectivity index (χ4n) is 0.771. The van der Waals surface area contributed by atoms with E-state index in [9.17, 15) is 0 Å². The van der Waals surface area contributed by atoms with Gasteiger partial charge in [-0.15, -0.1) is 0 Å². The lowest BCUT2D eigenvalue weighted by Gasteiger charge is -2.08. The second kappa shape index (κ2) is 4.91. The molecule has 0 radical (unpaired) electrons. The molecule has 0 spiro atoms. The molecule has 0 heterocycles. The lowest BCUT2D eigenvalue weighted by Crippen LogP contribution is -2.17. The van der Waals surface area contributed by atoms with E-state index in [1.807, 2.05) is 6.92 Å². The minimum Gasteiger partial charge on any atom is -0.406 e. The second-order valence-electron chi connectivity index (χ2n) is 2.30. The first-order valence-corrected chi connectivity index (χ1v) is 4.82. The van der Waals surface area contributed by atoms with E-state index in [0.717, 1.165) is 0 Å². The molecule has 0 aliphatic heterocycles. The number of hydrogen-bond donors (Lipinski definition) is 1. The third kappa shape index (κ3) is 2.92. The van der Waals surface area contributed by atoms with Crippen LogP contribution in [0.1, 0.15) is 6.92 Å². The van der Waals surface area contributed by atoms with Crippen LogP contribution in [-0.2, 0) is 0 Å². The average molecular weight is 241 g/mol. The van der Waals surface area contributed by atoms with Crippen molar-refractivity contribution in [1.82, 2.24) is 5.48 Å². The Balaban J connectivity index is 2.92. The summed E-state index contributed by atoms with van der Waals surface area (Å²) in [6.45, 7) is 2.56. The zero-order valence-corrected chi connectivity index (χ0v) is 9.17. The highest BCUT2D eigenvalue weighted by molar-refractivity contribution is 6.40. The molecule has 0 aliphatic rings. The maximum absolute atomic E-state index is 5.84. The van der Waals surface area contributed by atoms with Gasteiger partial charge in [-0.05, 0) is 19.1 Å². The first kappa shape index (κ1) is 10.9. The van der Waals surface area contributed by atoms with Crippen molar-refractivity contribution in [3.8, 4) is 5.75 Å². The summed E-state index contributed by atoms with van der Waals surface area (Å²) in [7, 11) is 0. The van der Waals surface area contributed by atoms with Gasteiger partial charge in [0.05, 0.1) is 10.0 Å². The molecule has 13 heavy (non-hydrogen) atoms. The Labute approximate surface area is 91.7 Å². The normalized spacial score (nSPS) is 10.2. The summed E-state index contributed by atoms with van der Waals surface area (Å²) < 4.78 is 0. The molecule has 0 saturated carbocycles. The Hall–Kier alpha value is -0.150. The molecule has 0 saturated heterocycles. The van der Waals surface area contributed by atoms with Crippen LogP contribution in [0.5, 0.6) is 5.75 Å². The van der Waals surface area contributed by atoms with Crippen LogP contribution >= 0.6 is 34.8 Å². The van der Waals surface area contributed by atoms with Gasteiger partial charge >= 0.3 is 0 Å². The lowest BCUT2D eigenvalue weighted by atomic mass is 10.3. The van der Waals surface area contributed by atoms with E-state index >= 15 is 0 Å². The number of rotatable bonds is 3. The molecule has 72 valence electrons. The third-order valence-electron chi connectivity index (χ3n) is 1.28. The molecule has 1 aromatic rings. The second-order valence-corrected chi connectivity index (χ2v) is 3.55. The molecule has 0 aromatic heterocycles. The quantitative estimate of drug-likeness (QED) is 0.816. The smallest absolute Gasteiger partial charge is 0.184 e. The van der Waals surface area contributed by atoms with Crippen molar-refractivity contribution in [2.45, 2.75) is 6.92 Å². The van der Waals surface area contributed by atoms with E-state index < -0.39 is 0 Å². The molecule has 1 N–H and O–H groups in total. The molecule has 2 nitrogen and oxygen atoms in total. The molecule has 1 rings (SSSR count). The van der Waals surface area contributed by atoms with Gasteiger partial charge in [-0.25, -0.2) is 0 Å². The SMILES string of the molecule is CCNOc1c(Cl)cc(Cl)cc1Cl. The van der Waals surface area contributed by atoms with Crippen molar-refractivity contribution in [2.24, 2.45) is 0 Å². The van der Waals surface area contributed by atoms with E-state index in [1.54, 1.807) is 12.1 Å². The van der Waals surface area contributed by atoms with Crippen molar-refractivity contribution in [1.29, 1.82) is 0 Å². The molecule has 5 heteroatoms. The minimum atomic E-state index is 0.387. The summed E-state index contributed by atoms with van der Waals surface area (Å²) in [5, 5.41) is 1.26. The van der Waals surface area contributed by atoms with Crippen LogP contribution in [0, 0.1) is 0 Å². The van der Waals surface area contributed by atoms with Gasteiger partial charge in [0.2, 0.25) is 0 Å². The number of nitrogens with one attached hydrogen (secondary N) is 1. The zero-order chi connectivity index (χ0) is 9.84. The number of benzene rings is 1. The lowest BCUT2D eigenvalue weighted by molar-refractivity contribution is 0.203. The van der Waals surface area contributed by atoms with Crippen LogP contribution in [0.25, 0.3) is 0 Å². The summed E-state index contributed by atoms with van der Waals surface area (Å²) in [5.74, 6) is 0.398. The van der Waals surface area contributed by atoms with Gasteiger partial charge in [-0.2, -0.15) is 5.48 Å². The van der Waals surface area contributed by atoms with Crippen LogP contribution in [0.3, 0.4) is 0 Å². The predicted octanol–water partition coefficient (Wildman–Crippen LogP) is 3.55. The minimum absolute atomic E-state index is 0.387. The first-order valence-electron chi connectivity index (χ1n) is 3.69. The number of halogens is 3. The Morgan fingerprint density at radius 1 is 1.23 bits per heavy atom. The molecule has 0 aliphatic carbocycles. The molecule has 0 atom stereocenters. The fraction of sp³-hybridized carbons (Fsp3) is 0.250. The fourth-order valence-corrected chi connectivity index (χ4v) is 1.66. The maximum atomic E-state index is 5.84. The van der Waals surface area contributed by atoms with Crippen LogP contribution in [0.15, 0.2) is 12.1 Å². The van der Waals surface area contributed by atoms with E-state index in [2.05, 4.69) is 5.48 Å². The Kier molecular flexibility index (Phi) is 4.13. The summed E-state index contributed by atoms with van der Waals surface area (Å²) in [4.78, 5) is 5.10. The Morgan fingerprint density at radius 2 is 1.77 bits per heavy atom. The highest BCUT2D eigenvalue weighted by Crippen LogP contribution is 2.35. The third-order valence-corrected chi connectivity index (χ3v) is 2.06. The van der Waals surface area contributed by atoms with E-state index in [0.29, 0.717) is 27.4 Å². The molecule has 1 aromatic carbocycles. The van der Waals surface area contributed by atoms with Crippen LogP contribution in [-0.4, -0.2) is 6.54 Å². The molecule has 0 fully saturated rings. The molecule has 0 bridgehead atoms. The maximum Gasteiger partial charge on any atom is 0.184 e. The van der Waals surface area contributed by atoms with Crippen molar-refractivity contribution < 1.29 is 4.84 Å². The van der Waals surface area contributed by atoms with Crippen molar-refractivity contribution in [3.63, 3.8) is 0 Å². The van der Waals surface area contributed by atoms with Gasteiger partial charge < -0.3 is 4.84 Å². The van der Waals surface area contributed by atoms with E-state index in [1.165, 1.54) is 0 Å². The van der Waals surface area contributed by atoms with Gasteiger partial charge in [0.15, 0.2) is 5.75 Å². The van der Waals surface area contributed by atoms with E-state index in [-0.39, 0.29) is 0 Å². The van der Waals surface area contributed by atoms with Crippen LogP contribution < -0.4 is 10.3 Å². The Bertz CT molecular complexity index is 280. The molecule has 0 amide bonds.